The van der Waals surface area contributed by atoms with Gasteiger partial charge in [-0.05, 0) is 26.7 Å². The highest BCUT2D eigenvalue weighted by Crippen LogP contribution is 2.29. The SMILES string of the molecule is CC1(C)CC[C@H](COC(=O)c2cscn2)O1. The van der Waals surface area contributed by atoms with Crippen LogP contribution in [-0.4, -0.2) is 29.3 Å². The van der Waals surface area contributed by atoms with Crippen LogP contribution in [-0.2, 0) is 9.47 Å². The van der Waals surface area contributed by atoms with Crippen molar-refractivity contribution in [1.82, 2.24) is 4.98 Å². The van der Waals surface area contributed by atoms with E-state index in [1.54, 1.807) is 10.9 Å². The fourth-order valence-electron chi connectivity index (χ4n) is 1.75. The Kier molecular flexibility index (Phi) is 3.25. The number of hydrogen-bond donors (Lipinski definition) is 0. The van der Waals surface area contributed by atoms with E-state index in [9.17, 15) is 4.79 Å². The van der Waals surface area contributed by atoms with Gasteiger partial charge >= 0.3 is 5.97 Å². The molecule has 0 unspecified atom stereocenters. The van der Waals surface area contributed by atoms with Gasteiger partial charge in [-0.3, -0.25) is 0 Å². The van der Waals surface area contributed by atoms with E-state index in [1.165, 1.54) is 11.3 Å². The molecule has 1 aromatic heterocycles. The molecule has 88 valence electrons. The lowest BCUT2D eigenvalue weighted by Gasteiger charge is -2.18. The van der Waals surface area contributed by atoms with E-state index in [1.807, 2.05) is 0 Å². The van der Waals surface area contributed by atoms with Crippen molar-refractivity contribution in [1.29, 1.82) is 0 Å². The second-order valence-electron chi connectivity index (χ2n) is 4.51. The molecular formula is C11H15NO3S. The number of hydrogen-bond acceptors (Lipinski definition) is 5. The third-order valence-electron chi connectivity index (χ3n) is 2.60. The summed E-state index contributed by atoms with van der Waals surface area (Å²) in [5.74, 6) is -0.366. The van der Waals surface area contributed by atoms with Crippen LogP contribution >= 0.6 is 11.3 Å². The Morgan fingerprint density at radius 1 is 1.75 bits per heavy atom. The van der Waals surface area contributed by atoms with Gasteiger partial charge in [-0.1, -0.05) is 0 Å². The number of aromatic nitrogens is 1. The number of esters is 1. The first-order valence-electron chi connectivity index (χ1n) is 5.30. The van der Waals surface area contributed by atoms with Gasteiger partial charge in [-0.25, -0.2) is 9.78 Å². The molecule has 0 aromatic carbocycles. The standard InChI is InChI=1S/C11H15NO3S/c1-11(2)4-3-8(15-11)5-14-10(13)9-6-16-7-12-9/h6-8H,3-5H2,1-2H3/t8-/m1/s1. The molecule has 4 nitrogen and oxygen atoms in total. The van der Waals surface area contributed by atoms with E-state index in [0.29, 0.717) is 12.3 Å². The Morgan fingerprint density at radius 3 is 3.12 bits per heavy atom. The lowest BCUT2D eigenvalue weighted by atomic mass is 10.1. The number of ether oxygens (including phenoxy) is 2. The van der Waals surface area contributed by atoms with E-state index in [2.05, 4.69) is 18.8 Å². The average Bonchev–Trinajstić information content (AvgIpc) is 2.83. The Labute approximate surface area is 98.6 Å². The molecule has 16 heavy (non-hydrogen) atoms. The summed E-state index contributed by atoms with van der Waals surface area (Å²) < 4.78 is 10.9. The van der Waals surface area contributed by atoms with Gasteiger partial charge in [0.2, 0.25) is 0 Å². The van der Waals surface area contributed by atoms with Crippen LogP contribution < -0.4 is 0 Å². The molecule has 0 radical (unpaired) electrons. The van der Waals surface area contributed by atoms with Gasteiger partial charge in [0.25, 0.3) is 0 Å². The van der Waals surface area contributed by atoms with Gasteiger partial charge in [0, 0.05) is 5.38 Å². The largest absolute Gasteiger partial charge is 0.458 e. The maximum atomic E-state index is 11.5. The monoisotopic (exact) mass is 241 g/mol. The van der Waals surface area contributed by atoms with Gasteiger partial charge in [0.05, 0.1) is 17.2 Å². The molecule has 0 amide bonds. The molecule has 0 aliphatic carbocycles. The van der Waals surface area contributed by atoms with Gasteiger partial charge in [-0.15, -0.1) is 11.3 Å². The Balaban J connectivity index is 1.79. The molecule has 0 N–H and O–H groups in total. The summed E-state index contributed by atoms with van der Waals surface area (Å²) in [4.78, 5) is 15.4. The molecule has 1 aliphatic heterocycles. The van der Waals surface area contributed by atoms with E-state index in [4.69, 9.17) is 9.47 Å². The molecule has 1 fully saturated rings. The van der Waals surface area contributed by atoms with Crippen molar-refractivity contribution in [2.45, 2.75) is 38.4 Å². The summed E-state index contributed by atoms with van der Waals surface area (Å²) >= 11 is 1.38. The number of thiazole rings is 1. The number of carbonyl (C=O) groups is 1. The molecule has 0 saturated carbocycles. The van der Waals surface area contributed by atoms with Crippen LogP contribution in [0.2, 0.25) is 0 Å². The predicted molar refractivity (Wildman–Crippen MR) is 60.6 cm³/mol. The summed E-state index contributed by atoms with van der Waals surface area (Å²) in [5, 5.41) is 1.68. The number of nitrogens with zero attached hydrogens (tertiary/aromatic N) is 1. The predicted octanol–water partition coefficient (Wildman–Crippen LogP) is 2.26. The summed E-state index contributed by atoms with van der Waals surface area (Å²) in [6.07, 6.45) is 1.97. The van der Waals surface area contributed by atoms with E-state index < -0.39 is 0 Å². The van der Waals surface area contributed by atoms with Crippen LogP contribution in [0.4, 0.5) is 0 Å². The van der Waals surface area contributed by atoms with Crippen molar-refractivity contribution in [3.8, 4) is 0 Å². The first-order chi connectivity index (χ1) is 7.57. The van der Waals surface area contributed by atoms with Gasteiger partial charge in [0.15, 0.2) is 5.69 Å². The third kappa shape index (κ3) is 2.80. The zero-order chi connectivity index (χ0) is 11.6. The van der Waals surface area contributed by atoms with Crippen molar-refractivity contribution in [3.05, 3.63) is 16.6 Å². The van der Waals surface area contributed by atoms with E-state index >= 15 is 0 Å². The minimum absolute atomic E-state index is 0.0255. The maximum absolute atomic E-state index is 11.5. The summed E-state index contributed by atoms with van der Waals surface area (Å²) in [6, 6.07) is 0. The third-order valence-corrected chi connectivity index (χ3v) is 3.18. The highest BCUT2D eigenvalue weighted by atomic mass is 32.1. The smallest absolute Gasteiger partial charge is 0.357 e. The van der Waals surface area contributed by atoms with Gasteiger partial charge < -0.3 is 9.47 Å². The summed E-state index contributed by atoms with van der Waals surface area (Å²) in [5.41, 5.74) is 1.91. The Hall–Kier alpha value is -0.940. The molecular weight excluding hydrogens is 226 g/mol. The fraction of sp³-hybridized carbons (Fsp3) is 0.636. The molecule has 2 heterocycles. The lowest BCUT2D eigenvalue weighted by Crippen LogP contribution is -2.24. The fourth-order valence-corrected chi connectivity index (χ4v) is 2.27. The van der Waals surface area contributed by atoms with Crippen molar-refractivity contribution in [2.24, 2.45) is 0 Å². The second kappa shape index (κ2) is 4.51. The molecule has 1 saturated heterocycles. The van der Waals surface area contributed by atoms with Crippen LogP contribution in [0.1, 0.15) is 37.2 Å². The quantitative estimate of drug-likeness (QED) is 0.762. The first-order valence-corrected chi connectivity index (χ1v) is 6.24. The molecule has 5 heteroatoms. The molecule has 1 aliphatic rings. The molecule has 1 aromatic rings. The number of rotatable bonds is 3. The summed E-state index contributed by atoms with van der Waals surface area (Å²) in [7, 11) is 0. The van der Waals surface area contributed by atoms with Crippen molar-refractivity contribution in [3.63, 3.8) is 0 Å². The second-order valence-corrected chi connectivity index (χ2v) is 5.23. The van der Waals surface area contributed by atoms with Crippen molar-refractivity contribution < 1.29 is 14.3 Å². The maximum Gasteiger partial charge on any atom is 0.357 e. The van der Waals surface area contributed by atoms with Gasteiger partial charge in [-0.2, -0.15) is 0 Å². The normalized spacial score (nSPS) is 23.2. The van der Waals surface area contributed by atoms with Crippen LogP contribution in [0.25, 0.3) is 0 Å². The molecule has 0 bridgehead atoms. The average molecular weight is 241 g/mol. The Morgan fingerprint density at radius 2 is 2.56 bits per heavy atom. The van der Waals surface area contributed by atoms with Crippen molar-refractivity contribution in [2.75, 3.05) is 6.61 Å². The lowest BCUT2D eigenvalue weighted by molar-refractivity contribution is -0.0446. The van der Waals surface area contributed by atoms with Crippen LogP contribution in [0, 0.1) is 0 Å². The zero-order valence-corrected chi connectivity index (χ0v) is 10.3. The van der Waals surface area contributed by atoms with Gasteiger partial charge in [0.1, 0.15) is 6.61 Å². The molecule has 1 atom stereocenters. The minimum Gasteiger partial charge on any atom is -0.458 e. The van der Waals surface area contributed by atoms with Crippen LogP contribution in [0.3, 0.4) is 0 Å². The van der Waals surface area contributed by atoms with Crippen LogP contribution in [0.5, 0.6) is 0 Å². The molecule has 2 rings (SSSR count). The first kappa shape index (κ1) is 11.5. The van der Waals surface area contributed by atoms with Crippen LogP contribution in [0.15, 0.2) is 10.9 Å². The highest BCUT2D eigenvalue weighted by Gasteiger charge is 2.32. The molecule has 0 spiro atoms. The highest BCUT2D eigenvalue weighted by molar-refractivity contribution is 7.07. The number of carbonyl (C=O) groups excluding carboxylic acids is 1. The van der Waals surface area contributed by atoms with E-state index in [0.717, 1.165) is 12.8 Å². The summed E-state index contributed by atoms with van der Waals surface area (Å²) in [6.45, 7) is 4.42. The van der Waals surface area contributed by atoms with Crippen molar-refractivity contribution >= 4 is 17.3 Å². The topological polar surface area (TPSA) is 48.4 Å². The minimum atomic E-state index is -0.366. The Bertz CT molecular complexity index is 361. The van der Waals surface area contributed by atoms with E-state index in [-0.39, 0.29) is 17.7 Å². The zero-order valence-electron chi connectivity index (χ0n) is 9.43.